The van der Waals surface area contributed by atoms with Gasteiger partial charge >= 0.3 is 6.18 Å². The highest BCUT2D eigenvalue weighted by Gasteiger charge is 2.30. The number of nitrogens with zero attached hydrogens (tertiary/aromatic N) is 1. The molecule has 26 heavy (non-hydrogen) atoms. The molecule has 130 valence electrons. The molecule has 0 bridgehead atoms. The van der Waals surface area contributed by atoms with Crippen molar-refractivity contribution in [1.82, 2.24) is 0 Å². The maximum absolute atomic E-state index is 12.8. The molecule has 0 atom stereocenters. The molecule has 3 aromatic rings. The van der Waals surface area contributed by atoms with Crippen molar-refractivity contribution >= 4 is 11.6 Å². The zero-order valence-corrected chi connectivity index (χ0v) is 13.2. The van der Waals surface area contributed by atoms with Crippen molar-refractivity contribution in [3.8, 4) is 17.4 Å². The Morgan fingerprint density at radius 2 is 1.81 bits per heavy atom. The van der Waals surface area contributed by atoms with Crippen LogP contribution in [0.5, 0.6) is 0 Å². The fraction of sp³-hybridized carbons (Fsp3) is 0.0526. The van der Waals surface area contributed by atoms with E-state index in [0.29, 0.717) is 11.3 Å². The molecule has 0 saturated heterocycles. The maximum Gasteiger partial charge on any atom is 0.416 e. The van der Waals surface area contributed by atoms with Gasteiger partial charge in [0.2, 0.25) is 0 Å². The molecule has 0 spiro atoms. The molecule has 1 N–H and O–H groups in total. The lowest BCUT2D eigenvalue weighted by molar-refractivity contribution is -0.137. The number of amides is 1. The highest BCUT2D eigenvalue weighted by atomic mass is 19.4. The van der Waals surface area contributed by atoms with Crippen LogP contribution in [0, 0.1) is 11.3 Å². The summed E-state index contributed by atoms with van der Waals surface area (Å²) in [4.78, 5) is 12.2. The summed E-state index contributed by atoms with van der Waals surface area (Å²) >= 11 is 0. The van der Waals surface area contributed by atoms with Crippen LogP contribution in [0.4, 0.5) is 18.9 Å². The normalized spacial score (nSPS) is 11.0. The Hall–Kier alpha value is -3.53. The highest BCUT2D eigenvalue weighted by molar-refractivity contribution is 6.02. The Morgan fingerprint density at radius 3 is 2.54 bits per heavy atom. The maximum atomic E-state index is 12.8. The highest BCUT2D eigenvalue weighted by Crippen LogP contribution is 2.32. The minimum absolute atomic E-state index is 0.0558. The van der Waals surface area contributed by atoms with Crippen molar-refractivity contribution in [2.24, 2.45) is 0 Å². The lowest BCUT2D eigenvalue weighted by Gasteiger charge is -2.07. The Bertz CT molecular complexity index is 1000. The van der Waals surface area contributed by atoms with Gasteiger partial charge in [0.1, 0.15) is 5.76 Å². The minimum Gasteiger partial charge on any atom is -0.451 e. The number of carbonyl (C=O) groups is 1. The predicted octanol–water partition coefficient (Wildman–Crippen LogP) is 5.09. The SMILES string of the molecule is N#Cc1cccc(NC(=O)c2ccc(-c3cccc(C(F)(F)F)c3)o2)c1. The number of hydrogen-bond acceptors (Lipinski definition) is 3. The van der Waals surface area contributed by atoms with Crippen LogP contribution < -0.4 is 5.32 Å². The van der Waals surface area contributed by atoms with Gasteiger partial charge < -0.3 is 9.73 Å². The van der Waals surface area contributed by atoms with E-state index in [9.17, 15) is 18.0 Å². The van der Waals surface area contributed by atoms with Crippen LogP contribution in [-0.4, -0.2) is 5.91 Å². The number of carbonyl (C=O) groups excluding carboxylic acids is 1. The number of halogens is 3. The monoisotopic (exact) mass is 356 g/mol. The standard InChI is InChI=1S/C19H11F3N2O2/c20-19(21,22)14-5-2-4-13(10-14)16-7-8-17(26-16)18(25)24-15-6-1-3-12(9-15)11-23/h1-10H,(H,24,25). The summed E-state index contributed by atoms with van der Waals surface area (Å²) in [5.74, 6) is -0.481. The van der Waals surface area contributed by atoms with Gasteiger partial charge in [0, 0.05) is 11.3 Å². The molecule has 0 radical (unpaired) electrons. The quantitative estimate of drug-likeness (QED) is 0.711. The van der Waals surface area contributed by atoms with Crippen molar-refractivity contribution < 1.29 is 22.4 Å². The Morgan fingerprint density at radius 1 is 1.04 bits per heavy atom. The van der Waals surface area contributed by atoms with Gasteiger partial charge in [0.25, 0.3) is 5.91 Å². The van der Waals surface area contributed by atoms with Crippen LogP contribution >= 0.6 is 0 Å². The first-order chi connectivity index (χ1) is 12.4. The fourth-order valence-corrected chi connectivity index (χ4v) is 2.32. The lowest BCUT2D eigenvalue weighted by atomic mass is 10.1. The number of alkyl halides is 3. The van der Waals surface area contributed by atoms with Gasteiger partial charge in [0.15, 0.2) is 5.76 Å². The van der Waals surface area contributed by atoms with Gasteiger partial charge in [-0.1, -0.05) is 18.2 Å². The van der Waals surface area contributed by atoms with Crippen LogP contribution in [0.3, 0.4) is 0 Å². The Balaban J connectivity index is 1.81. The van der Waals surface area contributed by atoms with E-state index < -0.39 is 17.6 Å². The zero-order valence-electron chi connectivity index (χ0n) is 13.2. The van der Waals surface area contributed by atoms with Crippen LogP contribution in [0.15, 0.2) is 65.1 Å². The Labute approximate surface area is 146 Å². The number of hydrogen-bond donors (Lipinski definition) is 1. The lowest BCUT2D eigenvalue weighted by Crippen LogP contribution is -2.10. The first-order valence-electron chi connectivity index (χ1n) is 7.46. The van der Waals surface area contributed by atoms with Crippen LogP contribution in [0.2, 0.25) is 0 Å². The first-order valence-corrected chi connectivity index (χ1v) is 7.46. The second-order valence-electron chi connectivity index (χ2n) is 5.39. The van der Waals surface area contributed by atoms with E-state index in [1.165, 1.54) is 30.3 Å². The number of nitriles is 1. The molecule has 1 amide bonds. The van der Waals surface area contributed by atoms with Crippen LogP contribution in [0.25, 0.3) is 11.3 Å². The van der Waals surface area contributed by atoms with Crippen molar-refractivity contribution in [3.63, 3.8) is 0 Å². The van der Waals surface area contributed by atoms with E-state index in [0.717, 1.165) is 12.1 Å². The average Bonchev–Trinajstić information content (AvgIpc) is 3.11. The molecule has 0 saturated carbocycles. The topological polar surface area (TPSA) is 66.0 Å². The van der Waals surface area contributed by atoms with E-state index in [4.69, 9.17) is 9.68 Å². The average molecular weight is 356 g/mol. The smallest absolute Gasteiger partial charge is 0.416 e. The molecule has 0 unspecified atom stereocenters. The van der Waals surface area contributed by atoms with Gasteiger partial charge in [-0.05, 0) is 42.5 Å². The number of anilines is 1. The molecule has 4 nitrogen and oxygen atoms in total. The van der Waals surface area contributed by atoms with E-state index in [2.05, 4.69) is 5.32 Å². The summed E-state index contributed by atoms with van der Waals surface area (Å²) in [7, 11) is 0. The molecule has 2 aromatic carbocycles. The molecule has 0 aliphatic heterocycles. The molecule has 0 aliphatic rings. The van der Waals surface area contributed by atoms with E-state index in [1.807, 2.05) is 6.07 Å². The molecule has 0 aliphatic carbocycles. The van der Waals surface area contributed by atoms with E-state index in [-0.39, 0.29) is 17.1 Å². The van der Waals surface area contributed by atoms with Crippen molar-refractivity contribution in [2.45, 2.75) is 6.18 Å². The molecule has 1 heterocycles. The molecule has 0 fully saturated rings. The summed E-state index contributed by atoms with van der Waals surface area (Å²) in [5.41, 5.74) is 0.203. The fourth-order valence-electron chi connectivity index (χ4n) is 2.32. The molecular formula is C19H11F3N2O2. The van der Waals surface area contributed by atoms with Crippen molar-refractivity contribution in [2.75, 3.05) is 5.32 Å². The van der Waals surface area contributed by atoms with E-state index in [1.54, 1.807) is 18.2 Å². The minimum atomic E-state index is -4.46. The number of rotatable bonds is 3. The van der Waals surface area contributed by atoms with Crippen LogP contribution in [0.1, 0.15) is 21.7 Å². The number of benzene rings is 2. The predicted molar refractivity (Wildman–Crippen MR) is 88.3 cm³/mol. The number of nitrogens with one attached hydrogen (secondary N) is 1. The molecule has 7 heteroatoms. The summed E-state index contributed by atoms with van der Waals surface area (Å²) in [6.07, 6.45) is -4.46. The third-order valence-electron chi connectivity index (χ3n) is 3.55. The van der Waals surface area contributed by atoms with Crippen molar-refractivity contribution in [3.05, 3.63) is 77.6 Å². The largest absolute Gasteiger partial charge is 0.451 e. The zero-order chi connectivity index (χ0) is 18.7. The van der Waals surface area contributed by atoms with Gasteiger partial charge in [-0.15, -0.1) is 0 Å². The summed E-state index contributed by atoms with van der Waals surface area (Å²) in [6.45, 7) is 0. The van der Waals surface area contributed by atoms with Crippen LogP contribution in [-0.2, 0) is 6.18 Å². The third kappa shape index (κ3) is 3.75. The van der Waals surface area contributed by atoms with Crippen molar-refractivity contribution in [1.29, 1.82) is 5.26 Å². The van der Waals surface area contributed by atoms with E-state index >= 15 is 0 Å². The van der Waals surface area contributed by atoms with Gasteiger partial charge in [-0.2, -0.15) is 18.4 Å². The summed E-state index contributed by atoms with van der Waals surface area (Å²) in [5, 5.41) is 11.4. The third-order valence-corrected chi connectivity index (χ3v) is 3.55. The Kier molecular flexibility index (Phi) is 4.50. The number of furan rings is 1. The van der Waals surface area contributed by atoms with Gasteiger partial charge in [-0.3, -0.25) is 4.79 Å². The van der Waals surface area contributed by atoms with Gasteiger partial charge in [0.05, 0.1) is 17.2 Å². The second-order valence-corrected chi connectivity index (χ2v) is 5.39. The first kappa shape index (κ1) is 17.3. The summed E-state index contributed by atoms with van der Waals surface area (Å²) < 4.78 is 43.8. The van der Waals surface area contributed by atoms with Gasteiger partial charge in [-0.25, -0.2) is 0 Å². The second kappa shape index (κ2) is 6.76. The summed E-state index contributed by atoms with van der Waals surface area (Å²) in [6, 6.07) is 15.7. The molecule has 3 rings (SSSR count). The molecule has 1 aromatic heterocycles. The molecular weight excluding hydrogens is 345 g/mol.